The van der Waals surface area contributed by atoms with Gasteiger partial charge in [0.25, 0.3) is 5.91 Å². The largest absolute Gasteiger partial charge is 0.406 e. The molecule has 112 valence electrons. The summed E-state index contributed by atoms with van der Waals surface area (Å²) in [6.07, 6.45) is -4.48. The summed E-state index contributed by atoms with van der Waals surface area (Å²) < 4.78 is 37.6. The minimum atomic E-state index is -4.48. The van der Waals surface area contributed by atoms with Crippen molar-refractivity contribution in [1.29, 1.82) is 0 Å². The normalized spacial score (nSPS) is 11.6. The Labute approximate surface area is 119 Å². The Morgan fingerprint density at radius 1 is 1.45 bits per heavy atom. The minimum absolute atomic E-state index is 0.00190. The molecule has 1 amide bonds. The van der Waals surface area contributed by atoms with Crippen molar-refractivity contribution in [1.82, 2.24) is 4.90 Å². The summed E-state index contributed by atoms with van der Waals surface area (Å²) >= 11 is 5.77. The number of rotatable bonds is 4. The van der Waals surface area contributed by atoms with Crippen LogP contribution < -0.4 is 11.3 Å². The van der Waals surface area contributed by atoms with Crippen molar-refractivity contribution in [3.63, 3.8) is 0 Å². The third kappa shape index (κ3) is 4.28. The van der Waals surface area contributed by atoms with E-state index in [-0.39, 0.29) is 16.3 Å². The van der Waals surface area contributed by atoms with Crippen molar-refractivity contribution in [3.8, 4) is 0 Å². The lowest BCUT2D eigenvalue weighted by Crippen LogP contribution is -2.43. The van der Waals surface area contributed by atoms with Gasteiger partial charge in [-0.3, -0.25) is 10.6 Å². The number of carbonyl (C=O) groups excluding carboxylic acids is 1. The number of hydrogen-bond donors (Lipinski definition) is 2. The highest BCUT2D eigenvalue weighted by molar-refractivity contribution is 6.31. The quantitative estimate of drug-likeness (QED) is 0.664. The molecule has 20 heavy (non-hydrogen) atoms. The smallest absolute Gasteiger partial charge is 0.327 e. The predicted octanol–water partition coefficient (Wildman–Crippen LogP) is 3.04. The van der Waals surface area contributed by atoms with Gasteiger partial charge >= 0.3 is 6.18 Å². The summed E-state index contributed by atoms with van der Waals surface area (Å²) in [5, 5.41) is 0.239. The second-order valence-corrected chi connectivity index (χ2v) is 4.91. The highest BCUT2D eigenvalue weighted by Crippen LogP contribution is 2.25. The van der Waals surface area contributed by atoms with Crippen molar-refractivity contribution >= 4 is 23.2 Å². The molecule has 0 heterocycles. The topological polar surface area (TPSA) is 58.4 Å². The van der Waals surface area contributed by atoms with Gasteiger partial charge in [0.1, 0.15) is 6.54 Å². The second-order valence-electron chi connectivity index (χ2n) is 4.48. The first-order valence-corrected chi connectivity index (χ1v) is 6.17. The van der Waals surface area contributed by atoms with Crippen molar-refractivity contribution in [2.75, 3.05) is 12.0 Å². The summed E-state index contributed by atoms with van der Waals surface area (Å²) in [4.78, 5) is 13.0. The van der Waals surface area contributed by atoms with E-state index >= 15 is 0 Å². The van der Waals surface area contributed by atoms with Crippen molar-refractivity contribution in [2.24, 2.45) is 5.84 Å². The van der Waals surface area contributed by atoms with Gasteiger partial charge in [-0.05, 0) is 32.0 Å². The molecule has 1 aromatic carbocycles. The molecule has 8 heteroatoms. The van der Waals surface area contributed by atoms with E-state index in [1.807, 2.05) is 0 Å². The van der Waals surface area contributed by atoms with Gasteiger partial charge in [-0.2, -0.15) is 13.2 Å². The lowest BCUT2D eigenvalue weighted by Gasteiger charge is -2.28. The highest BCUT2D eigenvalue weighted by atomic mass is 35.5. The Kier molecular flexibility index (Phi) is 5.24. The van der Waals surface area contributed by atoms with Gasteiger partial charge in [-0.15, -0.1) is 0 Å². The summed E-state index contributed by atoms with van der Waals surface area (Å²) in [6, 6.07) is 3.58. The molecule has 0 bridgehead atoms. The van der Waals surface area contributed by atoms with Crippen LogP contribution >= 0.6 is 11.6 Å². The highest BCUT2D eigenvalue weighted by Gasteiger charge is 2.35. The molecule has 0 spiro atoms. The van der Waals surface area contributed by atoms with Crippen LogP contribution in [-0.4, -0.2) is 29.6 Å². The van der Waals surface area contributed by atoms with Crippen LogP contribution in [0.25, 0.3) is 0 Å². The molecule has 0 fully saturated rings. The number of nitrogens with one attached hydrogen (secondary N) is 1. The van der Waals surface area contributed by atoms with Crippen molar-refractivity contribution in [3.05, 3.63) is 28.8 Å². The molecule has 0 aliphatic heterocycles. The number of carbonyl (C=O) groups is 1. The summed E-state index contributed by atoms with van der Waals surface area (Å²) in [5.74, 6) is 4.47. The number of benzene rings is 1. The standard InChI is InChI=1S/C12H15ClF3N3O/c1-7(2)19(6-12(14,15)16)11(20)9-5-8(13)3-4-10(9)18-17/h3-5,7,18H,6,17H2,1-2H3. The van der Waals surface area contributed by atoms with Gasteiger partial charge in [-0.1, -0.05) is 11.6 Å². The van der Waals surface area contributed by atoms with Crippen molar-refractivity contribution < 1.29 is 18.0 Å². The van der Waals surface area contributed by atoms with Gasteiger partial charge in [0.2, 0.25) is 0 Å². The van der Waals surface area contributed by atoms with Crippen LogP contribution in [0.2, 0.25) is 5.02 Å². The Morgan fingerprint density at radius 3 is 2.50 bits per heavy atom. The van der Waals surface area contributed by atoms with Crippen LogP contribution in [0.15, 0.2) is 18.2 Å². The van der Waals surface area contributed by atoms with E-state index in [1.165, 1.54) is 32.0 Å². The number of anilines is 1. The third-order valence-corrected chi connectivity index (χ3v) is 2.84. The number of alkyl halides is 3. The second kappa shape index (κ2) is 6.32. The van der Waals surface area contributed by atoms with E-state index < -0.39 is 24.7 Å². The zero-order chi connectivity index (χ0) is 15.5. The van der Waals surface area contributed by atoms with Crippen LogP contribution in [0.4, 0.5) is 18.9 Å². The molecule has 0 aliphatic rings. The van der Waals surface area contributed by atoms with Gasteiger partial charge in [-0.25, -0.2) is 0 Å². The van der Waals surface area contributed by atoms with Crippen LogP contribution in [-0.2, 0) is 0 Å². The zero-order valence-corrected chi connectivity index (χ0v) is 11.7. The Hall–Kier alpha value is -1.47. The predicted molar refractivity (Wildman–Crippen MR) is 71.5 cm³/mol. The molecule has 0 radical (unpaired) electrons. The molecule has 4 nitrogen and oxygen atoms in total. The number of nitrogens with two attached hydrogens (primary N) is 1. The van der Waals surface area contributed by atoms with Gasteiger partial charge in [0.05, 0.1) is 11.3 Å². The first kappa shape index (κ1) is 16.6. The number of hydrazine groups is 1. The maximum Gasteiger partial charge on any atom is 0.406 e. The van der Waals surface area contributed by atoms with Crippen molar-refractivity contribution in [2.45, 2.75) is 26.1 Å². The van der Waals surface area contributed by atoms with E-state index in [9.17, 15) is 18.0 Å². The first-order valence-electron chi connectivity index (χ1n) is 5.79. The molecular formula is C12H15ClF3N3O. The fourth-order valence-corrected chi connectivity index (χ4v) is 1.83. The number of nitrogens with zero attached hydrogens (tertiary/aromatic N) is 1. The average Bonchev–Trinajstić information content (AvgIpc) is 2.33. The van der Waals surface area contributed by atoms with Crippen LogP contribution in [0, 0.1) is 0 Å². The average molecular weight is 310 g/mol. The maximum absolute atomic E-state index is 12.5. The van der Waals surface area contributed by atoms with Gasteiger partial charge in [0.15, 0.2) is 0 Å². The fraction of sp³-hybridized carbons (Fsp3) is 0.417. The fourth-order valence-electron chi connectivity index (χ4n) is 1.66. The number of hydrogen-bond acceptors (Lipinski definition) is 3. The Balaban J connectivity index is 3.16. The van der Waals surface area contributed by atoms with E-state index in [2.05, 4.69) is 5.43 Å². The SMILES string of the molecule is CC(C)N(CC(F)(F)F)C(=O)c1cc(Cl)ccc1NN. The molecule has 0 aromatic heterocycles. The lowest BCUT2D eigenvalue weighted by molar-refractivity contribution is -0.143. The Bertz CT molecular complexity index is 491. The molecule has 0 aliphatic carbocycles. The molecule has 3 N–H and O–H groups in total. The number of amides is 1. The number of nitrogen functional groups attached to an aromatic ring is 1. The first-order chi connectivity index (χ1) is 9.15. The summed E-state index contributed by atoms with van der Waals surface area (Å²) in [6.45, 7) is 1.67. The van der Waals surface area contributed by atoms with Crippen LogP contribution in [0.3, 0.4) is 0 Å². The number of halogens is 4. The minimum Gasteiger partial charge on any atom is -0.327 e. The van der Waals surface area contributed by atoms with Crippen LogP contribution in [0.5, 0.6) is 0 Å². The molecule has 1 rings (SSSR count). The maximum atomic E-state index is 12.5. The van der Waals surface area contributed by atoms with Crippen LogP contribution in [0.1, 0.15) is 24.2 Å². The summed E-state index contributed by atoms with van der Waals surface area (Å²) in [5.41, 5.74) is 2.49. The lowest BCUT2D eigenvalue weighted by atomic mass is 10.1. The Morgan fingerprint density at radius 2 is 2.05 bits per heavy atom. The summed E-state index contributed by atoms with van der Waals surface area (Å²) in [7, 11) is 0. The van der Waals surface area contributed by atoms with Gasteiger partial charge < -0.3 is 10.3 Å². The molecular weight excluding hydrogens is 295 g/mol. The van der Waals surface area contributed by atoms with E-state index in [1.54, 1.807) is 0 Å². The third-order valence-electron chi connectivity index (χ3n) is 2.60. The molecule has 0 unspecified atom stereocenters. The monoisotopic (exact) mass is 309 g/mol. The molecule has 0 atom stereocenters. The van der Waals surface area contributed by atoms with E-state index in [4.69, 9.17) is 17.4 Å². The molecule has 1 aromatic rings. The van der Waals surface area contributed by atoms with E-state index in [0.717, 1.165) is 0 Å². The molecule has 0 saturated heterocycles. The van der Waals surface area contributed by atoms with E-state index in [0.29, 0.717) is 4.90 Å². The van der Waals surface area contributed by atoms with Gasteiger partial charge in [0, 0.05) is 11.1 Å². The zero-order valence-electron chi connectivity index (χ0n) is 11.0. The molecule has 0 saturated carbocycles.